The summed E-state index contributed by atoms with van der Waals surface area (Å²) < 4.78 is 0. The van der Waals surface area contributed by atoms with Crippen molar-refractivity contribution in [2.24, 2.45) is 5.92 Å². The van der Waals surface area contributed by atoms with E-state index in [1.807, 2.05) is 24.3 Å². The summed E-state index contributed by atoms with van der Waals surface area (Å²) in [6.45, 7) is 0.759. The summed E-state index contributed by atoms with van der Waals surface area (Å²) >= 11 is 6.24. The molecule has 0 bridgehead atoms. The van der Waals surface area contributed by atoms with Crippen LogP contribution in [0.4, 0.5) is 0 Å². The van der Waals surface area contributed by atoms with Gasteiger partial charge in [-0.15, -0.1) is 0 Å². The number of carbonyl (C=O) groups is 1. The highest BCUT2D eigenvalue weighted by Gasteiger charge is 2.31. The molecular formula is C18H18ClN3O. The molecule has 2 aliphatic rings. The van der Waals surface area contributed by atoms with Gasteiger partial charge in [-0.1, -0.05) is 23.7 Å². The van der Waals surface area contributed by atoms with Crippen molar-refractivity contribution in [2.75, 3.05) is 6.54 Å². The highest BCUT2D eigenvalue weighted by atomic mass is 35.5. The van der Waals surface area contributed by atoms with Crippen LogP contribution >= 0.6 is 11.6 Å². The molecule has 5 heteroatoms. The number of nitrogens with one attached hydrogen (secondary N) is 1. The molecule has 2 saturated carbocycles. The normalized spacial score (nSPS) is 17.1. The zero-order chi connectivity index (χ0) is 15.8. The van der Waals surface area contributed by atoms with Gasteiger partial charge in [0.05, 0.1) is 16.3 Å². The number of nitrogens with zero attached hydrogens (tertiary/aromatic N) is 2. The molecule has 1 amide bonds. The van der Waals surface area contributed by atoms with Gasteiger partial charge in [0.15, 0.2) is 5.82 Å². The van der Waals surface area contributed by atoms with Crippen molar-refractivity contribution in [1.29, 1.82) is 0 Å². The average molecular weight is 328 g/mol. The van der Waals surface area contributed by atoms with Crippen LogP contribution in [0.3, 0.4) is 0 Å². The Labute approximate surface area is 140 Å². The summed E-state index contributed by atoms with van der Waals surface area (Å²) in [4.78, 5) is 21.5. The van der Waals surface area contributed by atoms with Gasteiger partial charge >= 0.3 is 0 Å². The SMILES string of the molecule is O=C(NCC1CC1)c1cnc(-c2ccccc2Cl)nc1C1CC1. The lowest BCUT2D eigenvalue weighted by Crippen LogP contribution is -2.27. The minimum Gasteiger partial charge on any atom is -0.352 e. The number of hydrogen-bond donors (Lipinski definition) is 1. The largest absolute Gasteiger partial charge is 0.352 e. The summed E-state index contributed by atoms with van der Waals surface area (Å²) in [5, 5.41) is 3.63. The molecule has 1 N–H and O–H groups in total. The fraction of sp³-hybridized carbons (Fsp3) is 0.389. The van der Waals surface area contributed by atoms with E-state index in [1.165, 1.54) is 12.8 Å². The van der Waals surface area contributed by atoms with Crippen molar-refractivity contribution >= 4 is 17.5 Å². The first-order valence-corrected chi connectivity index (χ1v) is 8.50. The van der Waals surface area contributed by atoms with E-state index in [9.17, 15) is 4.79 Å². The average Bonchev–Trinajstić information content (AvgIpc) is 3.47. The van der Waals surface area contributed by atoms with Crippen LogP contribution in [-0.4, -0.2) is 22.4 Å². The van der Waals surface area contributed by atoms with Crippen molar-refractivity contribution in [3.63, 3.8) is 0 Å². The second-order valence-corrected chi connectivity index (χ2v) is 6.81. The number of rotatable bonds is 5. The molecular weight excluding hydrogens is 310 g/mol. The molecule has 4 rings (SSSR count). The molecule has 0 saturated heterocycles. The second-order valence-electron chi connectivity index (χ2n) is 6.40. The van der Waals surface area contributed by atoms with Gasteiger partial charge < -0.3 is 5.32 Å². The van der Waals surface area contributed by atoms with E-state index in [0.29, 0.717) is 28.2 Å². The van der Waals surface area contributed by atoms with Gasteiger partial charge in [0.25, 0.3) is 5.91 Å². The molecule has 0 radical (unpaired) electrons. The molecule has 1 aromatic heterocycles. The summed E-state index contributed by atoms with van der Waals surface area (Å²) in [6.07, 6.45) is 6.26. The van der Waals surface area contributed by atoms with Crippen molar-refractivity contribution in [1.82, 2.24) is 15.3 Å². The molecule has 1 aromatic carbocycles. The number of halogens is 1. The topological polar surface area (TPSA) is 54.9 Å². The van der Waals surface area contributed by atoms with Gasteiger partial charge in [-0.25, -0.2) is 9.97 Å². The van der Waals surface area contributed by atoms with E-state index in [-0.39, 0.29) is 5.91 Å². The van der Waals surface area contributed by atoms with Gasteiger partial charge in [-0.05, 0) is 43.7 Å². The summed E-state index contributed by atoms with van der Waals surface area (Å²) in [7, 11) is 0. The van der Waals surface area contributed by atoms with Crippen LogP contribution < -0.4 is 5.32 Å². The van der Waals surface area contributed by atoms with Crippen LogP contribution in [0.1, 0.15) is 47.7 Å². The van der Waals surface area contributed by atoms with Crippen LogP contribution in [0.5, 0.6) is 0 Å². The lowest BCUT2D eigenvalue weighted by Gasteiger charge is -2.11. The van der Waals surface area contributed by atoms with Crippen molar-refractivity contribution in [3.05, 3.63) is 46.7 Å². The molecule has 2 aromatic rings. The lowest BCUT2D eigenvalue weighted by molar-refractivity contribution is 0.0950. The van der Waals surface area contributed by atoms with Gasteiger partial charge in [0.1, 0.15) is 0 Å². The van der Waals surface area contributed by atoms with Crippen LogP contribution in [0.2, 0.25) is 5.02 Å². The maximum absolute atomic E-state index is 12.4. The van der Waals surface area contributed by atoms with Gasteiger partial charge in [-0.2, -0.15) is 0 Å². The van der Waals surface area contributed by atoms with Crippen molar-refractivity contribution in [3.8, 4) is 11.4 Å². The van der Waals surface area contributed by atoms with Crippen molar-refractivity contribution in [2.45, 2.75) is 31.6 Å². The molecule has 23 heavy (non-hydrogen) atoms. The first-order chi connectivity index (χ1) is 11.2. The third-order valence-corrected chi connectivity index (χ3v) is 4.72. The Hall–Kier alpha value is -1.94. The fourth-order valence-corrected chi connectivity index (χ4v) is 2.88. The quantitative estimate of drug-likeness (QED) is 0.908. The maximum atomic E-state index is 12.4. The van der Waals surface area contributed by atoms with E-state index in [0.717, 1.165) is 30.6 Å². The standard InChI is InChI=1S/C18H18ClN3O/c19-15-4-2-1-3-13(15)17-20-10-14(16(22-17)12-7-8-12)18(23)21-9-11-5-6-11/h1-4,10-12H,5-9H2,(H,21,23). The zero-order valence-corrected chi connectivity index (χ0v) is 13.5. The first-order valence-electron chi connectivity index (χ1n) is 8.12. The van der Waals surface area contributed by atoms with Crippen LogP contribution in [0, 0.1) is 5.92 Å². The Morgan fingerprint density at radius 1 is 1.22 bits per heavy atom. The van der Waals surface area contributed by atoms with E-state index >= 15 is 0 Å². The van der Waals surface area contributed by atoms with Gasteiger partial charge in [0.2, 0.25) is 0 Å². The van der Waals surface area contributed by atoms with Gasteiger partial charge in [0, 0.05) is 24.2 Å². The Bertz CT molecular complexity index is 754. The predicted molar refractivity (Wildman–Crippen MR) is 89.5 cm³/mol. The Kier molecular flexibility index (Phi) is 3.77. The molecule has 4 nitrogen and oxygen atoms in total. The predicted octanol–water partition coefficient (Wildman–Crippen LogP) is 3.81. The number of benzene rings is 1. The van der Waals surface area contributed by atoms with Crippen LogP contribution in [-0.2, 0) is 0 Å². The smallest absolute Gasteiger partial charge is 0.254 e. The summed E-state index contributed by atoms with van der Waals surface area (Å²) in [5.74, 6) is 1.58. The Morgan fingerprint density at radius 3 is 2.70 bits per heavy atom. The number of amides is 1. The molecule has 118 valence electrons. The zero-order valence-electron chi connectivity index (χ0n) is 12.8. The third kappa shape index (κ3) is 3.22. The molecule has 0 atom stereocenters. The second kappa shape index (κ2) is 5.93. The first kappa shape index (κ1) is 14.6. The minimum absolute atomic E-state index is 0.0514. The monoisotopic (exact) mass is 327 g/mol. The van der Waals surface area contributed by atoms with E-state index in [1.54, 1.807) is 6.20 Å². The minimum atomic E-state index is -0.0514. The maximum Gasteiger partial charge on any atom is 0.254 e. The number of carbonyl (C=O) groups excluding carboxylic acids is 1. The number of hydrogen-bond acceptors (Lipinski definition) is 3. The molecule has 2 fully saturated rings. The lowest BCUT2D eigenvalue weighted by atomic mass is 10.1. The summed E-state index contributed by atoms with van der Waals surface area (Å²) in [5.41, 5.74) is 2.29. The summed E-state index contributed by atoms with van der Waals surface area (Å²) in [6, 6.07) is 7.53. The molecule has 1 heterocycles. The molecule has 0 aliphatic heterocycles. The Morgan fingerprint density at radius 2 is 2.00 bits per heavy atom. The van der Waals surface area contributed by atoms with Gasteiger partial charge in [-0.3, -0.25) is 4.79 Å². The molecule has 0 spiro atoms. The molecule has 2 aliphatic carbocycles. The van der Waals surface area contributed by atoms with E-state index < -0.39 is 0 Å². The van der Waals surface area contributed by atoms with Crippen molar-refractivity contribution < 1.29 is 4.79 Å². The highest BCUT2D eigenvalue weighted by molar-refractivity contribution is 6.33. The Balaban J connectivity index is 1.65. The van der Waals surface area contributed by atoms with Crippen LogP contribution in [0.25, 0.3) is 11.4 Å². The third-order valence-electron chi connectivity index (χ3n) is 4.39. The number of aromatic nitrogens is 2. The molecule has 0 unspecified atom stereocenters. The van der Waals surface area contributed by atoms with E-state index in [4.69, 9.17) is 11.6 Å². The van der Waals surface area contributed by atoms with Crippen LogP contribution in [0.15, 0.2) is 30.5 Å². The fourth-order valence-electron chi connectivity index (χ4n) is 2.66. The highest BCUT2D eigenvalue weighted by Crippen LogP contribution is 2.41. The van der Waals surface area contributed by atoms with E-state index in [2.05, 4.69) is 15.3 Å².